The van der Waals surface area contributed by atoms with Crippen molar-refractivity contribution in [3.05, 3.63) is 11.1 Å². The van der Waals surface area contributed by atoms with E-state index in [1.54, 1.807) is 0 Å². The molecule has 0 unspecified atom stereocenters. The molecule has 0 radical (unpaired) electrons. The molecule has 1 heterocycles. The first kappa shape index (κ1) is 17.9. The molecule has 0 aromatic carbocycles. The molecule has 2 rings (SSSR count). The third-order valence-corrected chi connectivity index (χ3v) is 4.39. The monoisotopic (exact) mass is 350 g/mol. The van der Waals surface area contributed by atoms with Crippen LogP contribution in [0.4, 0.5) is 5.13 Å². The van der Waals surface area contributed by atoms with Crippen molar-refractivity contribution in [2.45, 2.75) is 44.6 Å². The molecule has 0 bridgehead atoms. The summed E-state index contributed by atoms with van der Waals surface area (Å²) < 4.78 is 4.91. The lowest BCUT2D eigenvalue weighted by molar-refractivity contribution is -0.126. The van der Waals surface area contributed by atoms with Gasteiger partial charge in [-0.2, -0.15) is 5.26 Å². The number of hydrogen-bond acceptors (Lipinski definition) is 7. The Bertz CT molecular complexity index is 673. The average molecular weight is 350 g/mol. The number of anilines is 1. The molecule has 8 nitrogen and oxygen atoms in total. The number of nitriles is 1. The van der Waals surface area contributed by atoms with Gasteiger partial charge >= 0.3 is 5.97 Å². The van der Waals surface area contributed by atoms with Gasteiger partial charge in [0.25, 0.3) is 5.91 Å². The molecule has 0 spiro atoms. The molecular formula is C15H18N4O4S. The zero-order chi connectivity index (χ0) is 17.6. The molecule has 1 fully saturated rings. The number of carbonyl (C=O) groups is 3. The van der Waals surface area contributed by atoms with Gasteiger partial charge in [-0.1, -0.05) is 19.3 Å². The van der Waals surface area contributed by atoms with Gasteiger partial charge < -0.3 is 15.4 Å². The fourth-order valence-corrected chi connectivity index (χ4v) is 3.23. The molecule has 0 atom stereocenters. The molecule has 0 aliphatic heterocycles. The summed E-state index contributed by atoms with van der Waals surface area (Å²) >= 11 is 1.08. The Morgan fingerprint density at radius 3 is 2.71 bits per heavy atom. The number of carbonyl (C=O) groups excluding carboxylic acids is 3. The van der Waals surface area contributed by atoms with Crippen LogP contribution in [0, 0.1) is 11.3 Å². The highest BCUT2D eigenvalue weighted by Gasteiger charge is 2.33. The van der Waals surface area contributed by atoms with Crippen LogP contribution >= 0.6 is 11.3 Å². The van der Waals surface area contributed by atoms with Crippen LogP contribution in [0.1, 0.15) is 49.5 Å². The first-order valence-corrected chi connectivity index (χ1v) is 8.44. The highest BCUT2D eigenvalue weighted by atomic mass is 32.1. The van der Waals surface area contributed by atoms with Crippen molar-refractivity contribution in [1.82, 2.24) is 10.3 Å². The van der Waals surface area contributed by atoms with Crippen LogP contribution in [0.15, 0.2) is 5.38 Å². The van der Waals surface area contributed by atoms with Gasteiger partial charge in [-0.3, -0.25) is 9.59 Å². The Labute approximate surface area is 143 Å². The van der Waals surface area contributed by atoms with Crippen LogP contribution in [-0.2, 0) is 14.3 Å². The molecule has 1 aromatic rings. The average Bonchev–Trinajstić information content (AvgIpc) is 3.01. The smallest absolute Gasteiger partial charge is 0.358 e. The zero-order valence-electron chi connectivity index (χ0n) is 13.3. The second kappa shape index (κ2) is 7.88. The van der Waals surface area contributed by atoms with Crippen LogP contribution in [0.3, 0.4) is 0 Å². The van der Waals surface area contributed by atoms with E-state index < -0.39 is 24.0 Å². The number of esters is 1. The summed E-state index contributed by atoms with van der Waals surface area (Å²) in [7, 11) is 0. The van der Waals surface area contributed by atoms with Crippen molar-refractivity contribution >= 4 is 34.3 Å². The Morgan fingerprint density at radius 1 is 1.38 bits per heavy atom. The number of hydrogen-bond donors (Lipinski definition) is 2. The number of aromatic nitrogens is 1. The predicted molar refractivity (Wildman–Crippen MR) is 86.3 cm³/mol. The van der Waals surface area contributed by atoms with Gasteiger partial charge in [-0.25, -0.2) is 9.78 Å². The molecule has 0 saturated heterocycles. The fraction of sp³-hybridized carbons (Fsp3) is 0.533. The van der Waals surface area contributed by atoms with Crippen LogP contribution in [0.5, 0.6) is 0 Å². The summed E-state index contributed by atoms with van der Waals surface area (Å²) in [4.78, 5) is 38.6. The van der Waals surface area contributed by atoms with E-state index in [4.69, 9.17) is 4.74 Å². The fourth-order valence-electron chi connectivity index (χ4n) is 2.50. The van der Waals surface area contributed by atoms with Crippen molar-refractivity contribution < 1.29 is 19.1 Å². The molecule has 2 N–H and O–H groups in total. The second-order valence-electron chi connectivity index (χ2n) is 5.60. The van der Waals surface area contributed by atoms with E-state index in [1.165, 1.54) is 12.3 Å². The van der Waals surface area contributed by atoms with Gasteiger partial charge in [-0.05, 0) is 12.8 Å². The Balaban J connectivity index is 1.84. The van der Waals surface area contributed by atoms with E-state index >= 15 is 0 Å². The van der Waals surface area contributed by atoms with Gasteiger partial charge in [-0.15, -0.1) is 11.3 Å². The minimum Gasteiger partial charge on any atom is -0.451 e. The van der Waals surface area contributed by atoms with Crippen molar-refractivity contribution in [3.63, 3.8) is 0 Å². The van der Waals surface area contributed by atoms with Crippen molar-refractivity contribution in [3.8, 4) is 6.07 Å². The SMILES string of the molecule is CC(=O)Nc1nc(C(=O)OCC(=O)NC2(C#N)CCCCC2)cs1. The maximum absolute atomic E-state index is 11.9. The maximum atomic E-state index is 11.9. The summed E-state index contributed by atoms with van der Waals surface area (Å²) in [5, 5.41) is 16.1. The first-order chi connectivity index (χ1) is 11.4. The lowest BCUT2D eigenvalue weighted by atomic mass is 9.83. The summed E-state index contributed by atoms with van der Waals surface area (Å²) in [6.07, 6.45) is 4.04. The largest absolute Gasteiger partial charge is 0.451 e. The summed E-state index contributed by atoms with van der Waals surface area (Å²) in [6.45, 7) is 0.856. The van der Waals surface area contributed by atoms with E-state index in [9.17, 15) is 19.6 Å². The van der Waals surface area contributed by atoms with Crippen molar-refractivity contribution in [1.29, 1.82) is 5.26 Å². The van der Waals surface area contributed by atoms with Crippen LogP contribution in [0.2, 0.25) is 0 Å². The zero-order valence-corrected chi connectivity index (χ0v) is 14.1. The van der Waals surface area contributed by atoms with Gasteiger partial charge in [0.15, 0.2) is 17.4 Å². The third kappa shape index (κ3) is 4.76. The summed E-state index contributed by atoms with van der Waals surface area (Å²) in [5.41, 5.74) is -0.842. The highest BCUT2D eigenvalue weighted by molar-refractivity contribution is 7.14. The number of amides is 2. The first-order valence-electron chi connectivity index (χ1n) is 7.57. The van der Waals surface area contributed by atoms with Gasteiger partial charge in [0.1, 0.15) is 5.54 Å². The number of nitrogens with zero attached hydrogens (tertiary/aromatic N) is 2. The van der Waals surface area contributed by atoms with Crippen molar-refractivity contribution in [2.24, 2.45) is 0 Å². The molecule has 1 aliphatic carbocycles. The van der Waals surface area contributed by atoms with Crippen LogP contribution in [0.25, 0.3) is 0 Å². The highest BCUT2D eigenvalue weighted by Crippen LogP contribution is 2.27. The Morgan fingerprint density at radius 2 is 2.08 bits per heavy atom. The van der Waals surface area contributed by atoms with E-state index in [0.717, 1.165) is 30.6 Å². The molecule has 1 aliphatic rings. The van der Waals surface area contributed by atoms with E-state index in [2.05, 4.69) is 21.7 Å². The Hall–Kier alpha value is -2.47. The van der Waals surface area contributed by atoms with Gasteiger partial charge in [0.05, 0.1) is 6.07 Å². The molecule has 1 aromatic heterocycles. The predicted octanol–water partition coefficient (Wildman–Crippen LogP) is 1.60. The minimum atomic E-state index is -0.860. The maximum Gasteiger partial charge on any atom is 0.358 e. The molecular weight excluding hydrogens is 332 g/mol. The molecule has 9 heteroatoms. The minimum absolute atomic E-state index is 0.0178. The summed E-state index contributed by atoms with van der Waals surface area (Å²) in [6, 6.07) is 2.17. The van der Waals surface area contributed by atoms with Crippen LogP contribution < -0.4 is 10.6 Å². The summed E-state index contributed by atoms with van der Waals surface area (Å²) in [5.74, 6) is -1.56. The Kier molecular flexibility index (Phi) is 5.87. The quantitative estimate of drug-likeness (QED) is 0.778. The third-order valence-electron chi connectivity index (χ3n) is 3.63. The second-order valence-corrected chi connectivity index (χ2v) is 6.46. The van der Waals surface area contributed by atoms with Crippen molar-refractivity contribution in [2.75, 3.05) is 11.9 Å². The van der Waals surface area contributed by atoms with E-state index in [1.807, 2.05) is 0 Å². The molecule has 24 heavy (non-hydrogen) atoms. The lowest BCUT2D eigenvalue weighted by Gasteiger charge is -2.31. The standard InChI is InChI=1S/C15H18N4O4S/c1-10(20)17-14-18-11(8-24-14)13(22)23-7-12(21)19-15(9-16)5-3-2-4-6-15/h8H,2-7H2,1H3,(H,19,21)(H,17,18,20). The lowest BCUT2D eigenvalue weighted by Crippen LogP contribution is -2.50. The van der Waals surface area contributed by atoms with Crippen LogP contribution in [-0.4, -0.2) is 34.9 Å². The molecule has 2 amide bonds. The van der Waals surface area contributed by atoms with Gasteiger partial charge in [0.2, 0.25) is 5.91 Å². The number of nitrogens with one attached hydrogen (secondary N) is 2. The van der Waals surface area contributed by atoms with Gasteiger partial charge in [0, 0.05) is 12.3 Å². The topological polar surface area (TPSA) is 121 Å². The number of rotatable bonds is 5. The van der Waals surface area contributed by atoms with E-state index in [0.29, 0.717) is 12.8 Å². The number of thiazole rings is 1. The molecule has 128 valence electrons. The molecule has 1 saturated carbocycles. The number of ether oxygens (including phenoxy) is 1. The van der Waals surface area contributed by atoms with E-state index in [-0.39, 0.29) is 16.7 Å². The normalized spacial score (nSPS) is 15.8.